The Bertz CT molecular complexity index is 3170. The second-order valence-corrected chi connectivity index (χ2v) is 17.3. The Hall–Kier alpha value is -5.13. The van der Waals surface area contributed by atoms with E-state index in [1.54, 1.807) is 31.2 Å². The zero-order valence-corrected chi connectivity index (χ0v) is 41.7. The number of hydrogen-bond donors (Lipinski definition) is 1. The van der Waals surface area contributed by atoms with Gasteiger partial charge in [0.25, 0.3) is 0 Å². The molecule has 8 aromatic carbocycles. The molecule has 0 unspecified atom stereocenters. The number of carbonyl (C=O) groups is 2. The molecule has 0 spiro atoms. The van der Waals surface area contributed by atoms with Crippen molar-refractivity contribution in [2.75, 3.05) is 5.73 Å². The van der Waals surface area contributed by atoms with E-state index in [9.17, 15) is 9.59 Å². The van der Waals surface area contributed by atoms with E-state index in [0.29, 0.717) is 16.8 Å². The number of ketones is 2. The van der Waals surface area contributed by atoms with E-state index in [0.717, 1.165) is 43.9 Å². The van der Waals surface area contributed by atoms with E-state index in [1.165, 1.54) is 61.2 Å². The average Bonchev–Trinajstić information content (AvgIpc) is 3.88. The van der Waals surface area contributed by atoms with Gasteiger partial charge in [0.2, 0.25) is 0 Å². The number of nitrogen functional groups attached to an aromatic ring is 1. The molecular weight excluding hydrogens is 948 g/mol. The predicted molar refractivity (Wildman–Crippen MR) is 264 cm³/mol. The van der Waals surface area contributed by atoms with Crippen LogP contribution >= 0.6 is 31.9 Å². The third-order valence-corrected chi connectivity index (χ3v) is 12.4. The molecule has 2 aliphatic rings. The van der Waals surface area contributed by atoms with Gasteiger partial charge in [0, 0.05) is 42.3 Å². The molecule has 1 heterocycles. The average molecular weight is 989 g/mol. The minimum absolute atomic E-state index is 0. The smallest absolute Gasteiger partial charge is 0.870 e. The summed E-state index contributed by atoms with van der Waals surface area (Å²) in [6.07, 6.45) is 1.94. The Morgan fingerprint density at radius 2 is 1.05 bits per heavy atom. The molecule has 3 N–H and O–H groups in total. The summed E-state index contributed by atoms with van der Waals surface area (Å²) in [4.78, 5) is 28.5. The van der Waals surface area contributed by atoms with Crippen LogP contribution in [-0.4, -0.2) is 22.0 Å². The normalized spacial score (nSPS) is 11.2. The number of carbonyl (C=O) groups excluding carboxylic acids is 2. The van der Waals surface area contributed by atoms with Crippen LogP contribution in [0.3, 0.4) is 0 Å². The van der Waals surface area contributed by atoms with Crippen LogP contribution in [0.25, 0.3) is 55.5 Å². The minimum atomic E-state index is -0.0561. The van der Waals surface area contributed by atoms with Crippen LogP contribution < -0.4 is 57.1 Å². The Kier molecular flexibility index (Phi) is 15.2. The minimum Gasteiger partial charge on any atom is -0.870 e. The van der Waals surface area contributed by atoms with Crippen molar-refractivity contribution in [1.29, 1.82) is 0 Å². The van der Waals surface area contributed by atoms with E-state index >= 15 is 0 Å². The van der Waals surface area contributed by atoms with E-state index in [2.05, 4.69) is 159 Å². The molecule has 0 saturated heterocycles. The molecule has 0 atom stereocenters. The number of nitrogens with zero attached hydrogens (tertiary/aromatic N) is 1. The van der Waals surface area contributed by atoms with Crippen molar-refractivity contribution < 1.29 is 66.4 Å². The summed E-state index contributed by atoms with van der Waals surface area (Å²) in [5, 5.41) is 1.16. The van der Waals surface area contributed by atoms with Crippen LogP contribution in [0.4, 0.5) is 5.69 Å². The molecule has 0 bridgehead atoms. The van der Waals surface area contributed by atoms with Crippen molar-refractivity contribution in [3.8, 4) is 44.6 Å². The van der Waals surface area contributed by atoms with Gasteiger partial charge in [0.15, 0.2) is 11.6 Å². The number of aromatic nitrogens is 1. The van der Waals surface area contributed by atoms with Gasteiger partial charge in [-0.15, -0.1) is 0 Å². The van der Waals surface area contributed by atoms with Crippen molar-refractivity contribution in [2.24, 2.45) is 0 Å². The maximum Gasteiger partial charge on any atom is 1.00 e. The standard InChI is InChI=1S/C28H18BrN.C15H12O.C13H10BrNO.K.H2O/c29-22-11-13-27-26(16-22)25(18-6-2-1-3-7-18)17-28(30-27)20-10-12-24-21(15-20)14-19-8-4-5-9-23(19)24;1-10(16)11-6-7-15-13(8-11)9-12-4-2-3-5-14(12)15;14-10-6-7-12(15)11(8-10)13(16)9-4-2-1-3-5-9;;/h1-13,15-17H,14H2;2-8H,9H2,1H3;1-8H,15H2;;1H2/q;;;+1;/p-1. The maximum atomic E-state index is 12.1. The van der Waals surface area contributed by atoms with E-state index in [-0.39, 0.29) is 68.4 Å². The van der Waals surface area contributed by atoms with Crippen molar-refractivity contribution in [3.63, 3.8) is 0 Å². The van der Waals surface area contributed by atoms with E-state index < -0.39 is 0 Å². The van der Waals surface area contributed by atoms with Crippen molar-refractivity contribution in [1.82, 2.24) is 4.98 Å². The predicted octanol–water partition coefficient (Wildman–Crippen LogP) is 11.5. The second kappa shape index (κ2) is 20.8. The molecule has 64 heavy (non-hydrogen) atoms. The summed E-state index contributed by atoms with van der Waals surface area (Å²) in [5.74, 6) is 0.0816. The molecule has 0 aliphatic heterocycles. The number of benzene rings is 8. The van der Waals surface area contributed by atoms with Crippen LogP contribution in [-0.2, 0) is 12.8 Å². The monoisotopic (exact) mass is 986 g/mol. The van der Waals surface area contributed by atoms with Crippen molar-refractivity contribution in [3.05, 3.63) is 236 Å². The number of fused-ring (bicyclic) bond motifs is 7. The van der Waals surface area contributed by atoms with Crippen LogP contribution in [0.1, 0.15) is 55.5 Å². The Morgan fingerprint density at radius 1 is 0.500 bits per heavy atom. The molecule has 2 aliphatic carbocycles. The largest absolute Gasteiger partial charge is 1.00 e. The number of anilines is 1. The van der Waals surface area contributed by atoms with Gasteiger partial charge < -0.3 is 11.2 Å². The first-order valence-electron chi connectivity index (χ1n) is 20.4. The number of nitrogens with two attached hydrogens (primary N) is 1. The molecular formula is C56H41Br2KN2O3. The maximum absolute atomic E-state index is 12.1. The first-order valence-corrected chi connectivity index (χ1v) is 22.0. The third-order valence-electron chi connectivity index (χ3n) is 11.4. The molecule has 308 valence electrons. The molecule has 11 rings (SSSR count). The van der Waals surface area contributed by atoms with Crippen LogP contribution in [0, 0.1) is 0 Å². The van der Waals surface area contributed by atoms with Crippen LogP contribution in [0.15, 0.2) is 197 Å². The summed E-state index contributed by atoms with van der Waals surface area (Å²) in [7, 11) is 0. The first kappa shape index (κ1) is 46.8. The summed E-state index contributed by atoms with van der Waals surface area (Å²) in [6.45, 7) is 1.61. The van der Waals surface area contributed by atoms with E-state index in [4.69, 9.17) is 10.7 Å². The molecule has 9 aromatic rings. The quantitative estimate of drug-likeness (QED) is 0.105. The Labute approximate surface area is 432 Å². The fourth-order valence-corrected chi connectivity index (χ4v) is 9.06. The molecule has 8 heteroatoms. The first-order chi connectivity index (χ1) is 30.2. The third kappa shape index (κ3) is 10.1. The summed E-state index contributed by atoms with van der Waals surface area (Å²) < 4.78 is 1.91. The van der Waals surface area contributed by atoms with Crippen LogP contribution in [0.2, 0.25) is 0 Å². The Morgan fingerprint density at radius 3 is 1.70 bits per heavy atom. The van der Waals surface area contributed by atoms with Gasteiger partial charge in [-0.3, -0.25) is 9.59 Å². The molecule has 5 nitrogen and oxygen atoms in total. The molecule has 0 amide bonds. The zero-order valence-electron chi connectivity index (χ0n) is 35.4. The number of hydrogen-bond acceptors (Lipinski definition) is 5. The number of pyridine rings is 1. The fraction of sp³-hybridized carbons (Fsp3) is 0.0536. The van der Waals surface area contributed by atoms with Gasteiger partial charge in [-0.25, -0.2) is 4.98 Å². The zero-order chi connectivity index (χ0) is 42.7. The number of rotatable bonds is 5. The van der Waals surface area contributed by atoms with Gasteiger partial charge in [-0.05, 0) is 130 Å². The van der Waals surface area contributed by atoms with Gasteiger partial charge in [-0.2, -0.15) is 0 Å². The molecule has 0 fully saturated rings. The second-order valence-electron chi connectivity index (χ2n) is 15.5. The fourth-order valence-electron chi connectivity index (χ4n) is 8.34. The van der Waals surface area contributed by atoms with Gasteiger partial charge in [0.05, 0.1) is 11.2 Å². The summed E-state index contributed by atoms with van der Waals surface area (Å²) in [6, 6.07) is 63.4. The molecule has 0 radical (unpaired) electrons. The SMILES string of the molecule is Brc1ccc2nc(-c3ccc4c(c3)Cc3ccccc3-4)cc(-c3ccccc3)c2c1.CC(=O)c1ccc2c(c1)Cc1ccccc1-2.Nc1ccc(Br)cc1C(=O)c1ccccc1.[K+].[OH-]. The topological polar surface area (TPSA) is 103 Å². The number of halogens is 2. The molecule has 0 saturated carbocycles. The van der Waals surface area contributed by atoms with Crippen molar-refractivity contribution in [2.45, 2.75) is 19.8 Å². The van der Waals surface area contributed by atoms with E-state index in [1.807, 2.05) is 36.4 Å². The van der Waals surface area contributed by atoms with Crippen molar-refractivity contribution >= 4 is 60.0 Å². The summed E-state index contributed by atoms with van der Waals surface area (Å²) in [5.41, 5.74) is 24.6. The summed E-state index contributed by atoms with van der Waals surface area (Å²) >= 11 is 6.95. The number of Topliss-reactive ketones (excluding diaryl/α,β-unsaturated/α-hetero) is 1. The van der Waals surface area contributed by atoms with Gasteiger partial charge in [0.1, 0.15) is 0 Å². The van der Waals surface area contributed by atoms with Crippen LogP contribution in [0.5, 0.6) is 0 Å². The van der Waals surface area contributed by atoms with Gasteiger partial charge in [-0.1, -0.05) is 165 Å². The Balaban J connectivity index is 0.000000154. The van der Waals surface area contributed by atoms with Gasteiger partial charge >= 0.3 is 51.4 Å². The molecule has 1 aromatic heterocycles.